The number of carbonyl (C=O) groups excluding carboxylic acids is 1. The molecule has 0 spiro atoms. The van der Waals surface area contributed by atoms with Crippen LogP contribution in [0.5, 0.6) is 11.5 Å². The number of fused-ring (bicyclic) bond motifs is 1. The predicted molar refractivity (Wildman–Crippen MR) is 104 cm³/mol. The summed E-state index contributed by atoms with van der Waals surface area (Å²) in [6, 6.07) is 5.61. The third-order valence-electron chi connectivity index (χ3n) is 5.32. The molecular weight excluding hydrogens is 366 g/mol. The molecule has 2 heterocycles. The molecule has 0 bridgehead atoms. The number of ether oxygens (including phenoxy) is 2. The first kappa shape index (κ1) is 20.0. The summed E-state index contributed by atoms with van der Waals surface area (Å²) in [7, 11) is -3.12. The van der Waals surface area contributed by atoms with Gasteiger partial charge in [-0.05, 0) is 57.2 Å². The predicted octanol–water partition coefficient (Wildman–Crippen LogP) is 2.45. The molecule has 0 atom stereocenters. The topological polar surface area (TPSA) is 72.9 Å². The van der Waals surface area contributed by atoms with Gasteiger partial charge in [0.2, 0.25) is 5.91 Å². The normalized spacial score (nSPS) is 18.4. The Morgan fingerprint density at radius 1 is 1.11 bits per heavy atom. The molecule has 3 rings (SSSR count). The highest BCUT2D eigenvalue weighted by Gasteiger charge is 2.33. The summed E-state index contributed by atoms with van der Waals surface area (Å²) in [5, 5.41) is 0. The number of hydrogen-bond donors (Lipinski definition) is 0. The van der Waals surface area contributed by atoms with E-state index < -0.39 is 14.6 Å². The molecule has 0 radical (unpaired) electrons. The van der Waals surface area contributed by atoms with Crippen molar-refractivity contribution < 1.29 is 22.7 Å². The van der Waals surface area contributed by atoms with Gasteiger partial charge in [0.25, 0.3) is 0 Å². The SMILES string of the molecule is CC(C)(C)S(=O)(=O)CC1CCN(C(=O)Cc2ccc3c(c2)OCCO3)CC1. The number of sulfone groups is 1. The highest BCUT2D eigenvalue weighted by atomic mass is 32.2. The van der Waals surface area contributed by atoms with E-state index in [1.54, 1.807) is 20.8 Å². The van der Waals surface area contributed by atoms with Crippen molar-refractivity contribution in [2.75, 3.05) is 32.1 Å². The van der Waals surface area contributed by atoms with Gasteiger partial charge in [0.15, 0.2) is 21.3 Å². The lowest BCUT2D eigenvalue weighted by molar-refractivity contribution is -0.131. The van der Waals surface area contributed by atoms with Gasteiger partial charge >= 0.3 is 0 Å². The molecule has 1 aromatic carbocycles. The largest absolute Gasteiger partial charge is 0.486 e. The Kier molecular flexibility index (Phi) is 5.70. The Balaban J connectivity index is 1.53. The van der Waals surface area contributed by atoms with E-state index in [9.17, 15) is 13.2 Å². The Bertz CT molecular complexity index is 789. The summed E-state index contributed by atoms with van der Waals surface area (Å²) >= 11 is 0. The first-order valence-corrected chi connectivity index (χ1v) is 11.2. The summed E-state index contributed by atoms with van der Waals surface area (Å²) in [6.07, 6.45) is 1.80. The van der Waals surface area contributed by atoms with Crippen molar-refractivity contribution in [3.63, 3.8) is 0 Å². The van der Waals surface area contributed by atoms with Crippen LogP contribution in [0.15, 0.2) is 18.2 Å². The van der Waals surface area contributed by atoms with Gasteiger partial charge in [0.1, 0.15) is 13.2 Å². The zero-order valence-corrected chi connectivity index (χ0v) is 17.2. The molecule has 0 unspecified atom stereocenters. The van der Waals surface area contributed by atoms with Crippen molar-refractivity contribution in [3.05, 3.63) is 23.8 Å². The van der Waals surface area contributed by atoms with E-state index in [1.807, 2.05) is 23.1 Å². The van der Waals surface area contributed by atoms with E-state index >= 15 is 0 Å². The van der Waals surface area contributed by atoms with E-state index in [0.717, 1.165) is 24.2 Å². The number of benzene rings is 1. The number of amides is 1. The average molecular weight is 396 g/mol. The Labute approximate surface area is 161 Å². The first-order valence-electron chi connectivity index (χ1n) is 9.54. The lowest BCUT2D eigenvalue weighted by atomic mass is 9.98. The molecule has 150 valence electrons. The van der Waals surface area contributed by atoms with Gasteiger partial charge < -0.3 is 14.4 Å². The average Bonchev–Trinajstić information content (AvgIpc) is 2.61. The minimum atomic E-state index is -3.12. The van der Waals surface area contributed by atoms with Crippen molar-refractivity contribution in [1.29, 1.82) is 0 Å². The van der Waals surface area contributed by atoms with E-state index in [2.05, 4.69) is 0 Å². The zero-order valence-electron chi connectivity index (χ0n) is 16.4. The summed E-state index contributed by atoms with van der Waals surface area (Å²) in [5.41, 5.74) is 0.904. The summed E-state index contributed by atoms with van der Waals surface area (Å²) < 4.78 is 35.1. The van der Waals surface area contributed by atoms with Crippen LogP contribution in [-0.4, -0.2) is 56.0 Å². The van der Waals surface area contributed by atoms with Gasteiger partial charge in [0.05, 0.1) is 16.9 Å². The van der Waals surface area contributed by atoms with Gasteiger partial charge in [-0.15, -0.1) is 0 Å². The van der Waals surface area contributed by atoms with Crippen LogP contribution >= 0.6 is 0 Å². The lowest BCUT2D eigenvalue weighted by Crippen LogP contribution is -2.42. The Morgan fingerprint density at radius 3 is 2.37 bits per heavy atom. The number of likely N-dealkylation sites (tertiary alicyclic amines) is 1. The van der Waals surface area contributed by atoms with Crippen LogP contribution in [0.4, 0.5) is 0 Å². The highest BCUT2D eigenvalue weighted by Crippen LogP contribution is 2.31. The minimum absolute atomic E-state index is 0.0730. The molecule has 1 amide bonds. The standard InChI is InChI=1S/C20H29NO5S/c1-20(2,3)27(23,24)14-15-6-8-21(9-7-15)19(22)13-16-4-5-17-18(12-16)26-11-10-25-17/h4-5,12,15H,6-11,13-14H2,1-3H3. The summed E-state index contributed by atoms with van der Waals surface area (Å²) in [4.78, 5) is 14.5. The third-order valence-corrected chi connectivity index (χ3v) is 8.09. The van der Waals surface area contributed by atoms with Gasteiger partial charge in [-0.3, -0.25) is 4.79 Å². The second kappa shape index (κ2) is 7.70. The molecule has 2 aliphatic rings. The first-order chi connectivity index (χ1) is 12.7. The van der Waals surface area contributed by atoms with Crippen molar-refractivity contribution in [2.45, 2.75) is 44.8 Å². The molecule has 7 heteroatoms. The smallest absolute Gasteiger partial charge is 0.226 e. The maximum Gasteiger partial charge on any atom is 0.226 e. The fraction of sp³-hybridized carbons (Fsp3) is 0.650. The quantitative estimate of drug-likeness (QED) is 0.783. The fourth-order valence-electron chi connectivity index (χ4n) is 3.39. The van der Waals surface area contributed by atoms with Crippen molar-refractivity contribution in [3.8, 4) is 11.5 Å². The molecule has 0 aliphatic carbocycles. The molecular formula is C20H29NO5S. The van der Waals surface area contributed by atoms with E-state index in [-0.39, 0.29) is 17.6 Å². The highest BCUT2D eigenvalue weighted by molar-refractivity contribution is 7.92. The second-order valence-corrected chi connectivity index (χ2v) is 11.2. The van der Waals surface area contributed by atoms with Crippen LogP contribution < -0.4 is 9.47 Å². The Morgan fingerprint density at radius 2 is 1.74 bits per heavy atom. The van der Waals surface area contributed by atoms with Crippen molar-refractivity contribution in [1.82, 2.24) is 4.90 Å². The van der Waals surface area contributed by atoms with Gasteiger partial charge in [-0.25, -0.2) is 8.42 Å². The van der Waals surface area contributed by atoms with Crippen LogP contribution in [0.3, 0.4) is 0 Å². The molecule has 1 fully saturated rings. The van der Waals surface area contributed by atoms with Crippen LogP contribution in [0, 0.1) is 5.92 Å². The number of hydrogen-bond acceptors (Lipinski definition) is 5. The number of nitrogens with zero attached hydrogens (tertiary/aromatic N) is 1. The molecule has 1 aromatic rings. The molecule has 2 aliphatic heterocycles. The third kappa shape index (κ3) is 4.75. The molecule has 1 saturated heterocycles. The van der Waals surface area contributed by atoms with Crippen molar-refractivity contribution in [2.24, 2.45) is 5.92 Å². The van der Waals surface area contributed by atoms with Gasteiger partial charge in [0, 0.05) is 13.1 Å². The molecule has 0 N–H and O–H groups in total. The number of rotatable bonds is 4. The molecule has 0 aromatic heterocycles. The summed E-state index contributed by atoms with van der Waals surface area (Å²) in [5.74, 6) is 1.83. The number of piperidine rings is 1. The maximum atomic E-state index is 12.6. The van der Waals surface area contributed by atoms with Gasteiger partial charge in [-0.2, -0.15) is 0 Å². The van der Waals surface area contributed by atoms with Gasteiger partial charge in [-0.1, -0.05) is 6.07 Å². The van der Waals surface area contributed by atoms with Crippen molar-refractivity contribution >= 4 is 15.7 Å². The minimum Gasteiger partial charge on any atom is -0.486 e. The number of carbonyl (C=O) groups is 1. The molecule has 6 nitrogen and oxygen atoms in total. The fourth-order valence-corrected chi connectivity index (χ4v) is 4.85. The molecule has 27 heavy (non-hydrogen) atoms. The van der Waals surface area contributed by atoms with Crippen LogP contribution in [-0.2, 0) is 21.1 Å². The molecule has 0 saturated carbocycles. The van der Waals surface area contributed by atoms with Crippen LogP contribution in [0.1, 0.15) is 39.2 Å². The van der Waals surface area contributed by atoms with Crippen LogP contribution in [0.25, 0.3) is 0 Å². The van der Waals surface area contributed by atoms with E-state index in [4.69, 9.17) is 9.47 Å². The Hall–Kier alpha value is -1.76. The zero-order chi connectivity index (χ0) is 19.7. The second-order valence-electron chi connectivity index (χ2n) is 8.37. The van der Waals surface area contributed by atoms with E-state index in [1.165, 1.54) is 0 Å². The summed E-state index contributed by atoms with van der Waals surface area (Å²) in [6.45, 7) is 7.54. The maximum absolute atomic E-state index is 12.6. The lowest BCUT2D eigenvalue weighted by Gasteiger charge is -2.33. The van der Waals surface area contributed by atoms with E-state index in [0.29, 0.717) is 38.5 Å². The monoisotopic (exact) mass is 395 g/mol. The van der Waals surface area contributed by atoms with Crippen LogP contribution in [0.2, 0.25) is 0 Å².